The Morgan fingerprint density at radius 3 is 2.63 bits per heavy atom. The van der Waals surface area contributed by atoms with Crippen LogP contribution in [-0.4, -0.2) is 23.8 Å². The predicted octanol–water partition coefficient (Wildman–Crippen LogP) is 5.82. The van der Waals surface area contributed by atoms with E-state index in [1.165, 1.54) is 64.5 Å². The molecule has 0 aromatic heterocycles. The van der Waals surface area contributed by atoms with Crippen molar-refractivity contribution < 1.29 is 4.79 Å². The number of hydrogen-bond acceptors (Lipinski definition) is 2. The third-order valence-electron chi connectivity index (χ3n) is 10.1. The zero-order chi connectivity index (χ0) is 18.8. The van der Waals surface area contributed by atoms with Gasteiger partial charge in [0.05, 0.1) is 0 Å². The molecule has 27 heavy (non-hydrogen) atoms. The summed E-state index contributed by atoms with van der Waals surface area (Å²) in [5.41, 5.74) is 2.57. The minimum atomic E-state index is 0.417. The lowest BCUT2D eigenvalue weighted by Gasteiger charge is -2.62. The second-order valence-corrected chi connectivity index (χ2v) is 11.3. The number of likely N-dealkylation sites (tertiary alicyclic amines) is 1. The molecule has 7 atom stereocenters. The van der Waals surface area contributed by atoms with Crippen LogP contribution in [0, 0.1) is 40.4 Å². The number of nitrogens with zero attached hydrogens (tertiary/aromatic N) is 1. The molecule has 5 rings (SSSR count). The quantitative estimate of drug-likeness (QED) is 0.580. The second-order valence-electron chi connectivity index (χ2n) is 11.3. The van der Waals surface area contributed by atoms with Gasteiger partial charge in [-0.05, 0) is 86.4 Å². The van der Waals surface area contributed by atoms with E-state index in [9.17, 15) is 4.79 Å². The molecule has 0 amide bonds. The zero-order valence-electron chi connectivity index (χ0n) is 17.8. The maximum atomic E-state index is 12.2. The van der Waals surface area contributed by atoms with E-state index in [2.05, 4.69) is 31.7 Å². The average molecular weight is 370 g/mol. The molecule has 1 saturated heterocycles. The molecule has 0 radical (unpaired) electrons. The van der Waals surface area contributed by atoms with E-state index < -0.39 is 0 Å². The summed E-state index contributed by atoms with van der Waals surface area (Å²) >= 11 is 0. The summed E-state index contributed by atoms with van der Waals surface area (Å²) in [7, 11) is 0. The Bertz CT molecular complexity index is 647. The van der Waals surface area contributed by atoms with Crippen LogP contribution in [0.3, 0.4) is 0 Å². The largest absolute Gasteiger partial charge is 0.375 e. The van der Waals surface area contributed by atoms with E-state index in [0.717, 1.165) is 36.5 Å². The van der Waals surface area contributed by atoms with Crippen LogP contribution >= 0.6 is 0 Å². The Labute approximate surface area is 166 Å². The highest BCUT2D eigenvalue weighted by Gasteiger charge is 2.60. The Morgan fingerprint density at radius 1 is 1.07 bits per heavy atom. The van der Waals surface area contributed by atoms with Crippen molar-refractivity contribution in [2.75, 3.05) is 13.1 Å². The first kappa shape index (κ1) is 18.3. The molecule has 5 aliphatic rings. The number of carbonyl (C=O) groups excluding carboxylic acids is 1. The average Bonchev–Trinajstić information content (AvgIpc) is 3.01. The molecule has 1 heterocycles. The van der Waals surface area contributed by atoms with Crippen LogP contribution in [0.1, 0.15) is 85.0 Å². The van der Waals surface area contributed by atoms with Crippen molar-refractivity contribution in [1.82, 2.24) is 4.90 Å². The first-order valence-corrected chi connectivity index (χ1v) is 11.9. The standard InChI is InChI=1S/C25H39NO/c1-17-15-18-16-19(27)9-11-24(18,2)21-10-12-25(3)20(23(17)21)7-8-22(25)26-13-5-4-6-14-26/h8,17-18,20-21,23H,4-7,9-16H2,1-3H3/t17?,18?,20-,21+,23-,24-,25-/m0/s1. The van der Waals surface area contributed by atoms with Gasteiger partial charge in [-0.25, -0.2) is 0 Å². The lowest BCUT2D eigenvalue weighted by atomic mass is 9.43. The third kappa shape index (κ3) is 2.60. The molecule has 150 valence electrons. The van der Waals surface area contributed by atoms with Crippen LogP contribution in [0.15, 0.2) is 11.8 Å². The molecular formula is C25H39NO. The van der Waals surface area contributed by atoms with Crippen molar-refractivity contribution in [2.24, 2.45) is 40.4 Å². The van der Waals surface area contributed by atoms with E-state index in [1.54, 1.807) is 5.70 Å². The second kappa shape index (κ2) is 6.36. The van der Waals surface area contributed by atoms with Gasteiger partial charge in [0.2, 0.25) is 0 Å². The number of fused-ring (bicyclic) bond motifs is 5. The summed E-state index contributed by atoms with van der Waals surface area (Å²) in [5, 5.41) is 0. The smallest absolute Gasteiger partial charge is 0.133 e. The summed E-state index contributed by atoms with van der Waals surface area (Å²) in [6.07, 6.45) is 15.1. The molecule has 3 saturated carbocycles. The normalized spacial score (nSPS) is 49.9. The van der Waals surface area contributed by atoms with Gasteiger partial charge in [-0.15, -0.1) is 0 Å². The number of Topliss-reactive ketones (excluding diaryl/α,β-unsaturated/α-hetero) is 1. The third-order valence-corrected chi connectivity index (χ3v) is 10.1. The molecule has 4 aliphatic carbocycles. The van der Waals surface area contributed by atoms with Gasteiger partial charge in [-0.1, -0.05) is 26.8 Å². The Morgan fingerprint density at radius 2 is 1.85 bits per heavy atom. The fourth-order valence-corrected chi connectivity index (χ4v) is 8.60. The number of carbonyl (C=O) groups is 1. The Hall–Kier alpha value is -0.790. The first-order chi connectivity index (χ1) is 12.9. The van der Waals surface area contributed by atoms with Crippen LogP contribution < -0.4 is 0 Å². The monoisotopic (exact) mass is 369 g/mol. The van der Waals surface area contributed by atoms with E-state index >= 15 is 0 Å². The van der Waals surface area contributed by atoms with Crippen LogP contribution in [-0.2, 0) is 4.79 Å². The fourth-order valence-electron chi connectivity index (χ4n) is 8.60. The lowest BCUT2D eigenvalue weighted by Crippen LogP contribution is -2.56. The van der Waals surface area contributed by atoms with Gasteiger partial charge in [0.25, 0.3) is 0 Å². The topological polar surface area (TPSA) is 20.3 Å². The highest BCUT2D eigenvalue weighted by Crippen LogP contribution is 2.67. The molecule has 0 aromatic rings. The van der Waals surface area contributed by atoms with Gasteiger partial charge in [-0.2, -0.15) is 0 Å². The van der Waals surface area contributed by atoms with Gasteiger partial charge in [0.1, 0.15) is 5.78 Å². The van der Waals surface area contributed by atoms with E-state index in [4.69, 9.17) is 0 Å². The molecule has 0 bridgehead atoms. The molecule has 0 aromatic carbocycles. The zero-order valence-corrected chi connectivity index (χ0v) is 17.8. The summed E-state index contributed by atoms with van der Waals surface area (Å²) in [4.78, 5) is 14.9. The molecule has 0 spiro atoms. The highest BCUT2D eigenvalue weighted by atomic mass is 16.1. The van der Waals surface area contributed by atoms with Crippen LogP contribution in [0.25, 0.3) is 0 Å². The van der Waals surface area contributed by atoms with Gasteiger partial charge >= 0.3 is 0 Å². The fraction of sp³-hybridized carbons (Fsp3) is 0.880. The summed E-state index contributed by atoms with van der Waals surface area (Å²) in [6.45, 7) is 10.3. The first-order valence-electron chi connectivity index (χ1n) is 11.9. The van der Waals surface area contributed by atoms with Crippen LogP contribution in [0.2, 0.25) is 0 Å². The number of ketones is 1. The molecule has 2 nitrogen and oxygen atoms in total. The van der Waals surface area contributed by atoms with Crippen molar-refractivity contribution >= 4 is 5.78 Å². The minimum absolute atomic E-state index is 0.417. The van der Waals surface area contributed by atoms with Crippen molar-refractivity contribution in [3.05, 3.63) is 11.8 Å². The predicted molar refractivity (Wildman–Crippen MR) is 110 cm³/mol. The van der Waals surface area contributed by atoms with Crippen LogP contribution in [0.4, 0.5) is 0 Å². The van der Waals surface area contributed by atoms with Gasteiger partial charge in [-0.3, -0.25) is 4.79 Å². The summed E-state index contributed by atoms with van der Waals surface area (Å²) < 4.78 is 0. The lowest BCUT2D eigenvalue weighted by molar-refractivity contribution is -0.146. The SMILES string of the molecule is CC1CC2CC(=O)CC[C@]2(C)[C@@H]2CC[C@]3(C)C(N4CCCCC4)=CC[C@H]3[C@H]12. The maximum absolute atomic E-state index is 12.2. The number of allylic oxidation sites excluding steroid dienone is 2. The van der Waals surface area contributed by atoms with Crippen LogP contribution in [0.5, 0.6) is 0 Å². The summed E-state index contributed by atoms with van der Waals surface area (Å²) in [5.74, 6) is 4.56. The van der Waals surface area contributed by atoms with Gasteiger partial charge < -0.3 is 4.90 Å². The molecule has 2 unspecified atom stereocenters. The number of hydrogen-bond donors (Lipinski definition) is 0. The maximum Gasteiger partial charge on any atom is 0.133 e. The van der Waals surface area contributed by atoms with Gasteiger partial charge in [0.15, 0.2) is 0 Å². The van der Waals surface area contributed by atoms with E-state index in [1.807, 2.05) is 0 Å². The molecule has 4 fully saturated rings. The van der Waals surface area contributed by atoms with Gasteiger partial charge in [0, 0.05) is 37.0 Å². The molecular weight excluding hydrogens is 330 g/mol. The van der Waals surface area contributed by atoms with Crippen molar-refractivity contribution in [1.29, 1.82) is 0 Å². The summed E-state index contributed by atoms with van der Waals surface area (Å²) in [6, 6.07) is 0. The van der Waals surface area contributed by atoms with E-state index in [-0.39, 0.29) is 0 Å². The number of rotatable bonds is 1. The van der Waals surface area contributed by atoms with Crippen molar-refractivity contribution in [3.63, 3.8) is 0 Å². The van der Waals surface area contributed by atoms with Crippen molar-refractivity contribution in [3.8, 4) is 0 Å². The Balaban J connectivity index is 1.43. The molecule has 2 heteroatoms. The molecule has 0 N–H and O–H groups in total. The molecule has 1 aliphatic heterocycles. The minimum Gasteiger partial charge on any atom is -0.375 e. The number of piperidine rings is 1. The highest BCUT2D eigenvalue weighted by molar-refractivity contribution is 5.79. The Kier molecular flexibility index (Phi) is 4.30. The van der Waals surface area contributed by atoms with E-state index in [0.29, 0.717) is 22.5 Å². The van der Waals surface area contributed by atoms with Crippen molar-refractivity contribution in [2.45, 2.75) is 85.0 Å².